The first-order valence-corrected chi connectivity index (χ1v) is 7.53. The molecule has 2 aliphatic rings. The molecule has 2 aliphatic carbocycles. The molecular formula is C11H18O3S. The van der Waals surface area contributed by atoms with E-state index in [4.69, 9.17) is 0 Å². The van der Waals surface area contributed by atoms with Gasteiger partial charge in [-0.3, -0.25) is 4.79 Å². The zero-order valence-electron chi connectivity index (χ0n) is 8.94. The normalized spacial score (nSPS) is 28.8. The van der Waals surface area contributed by atoms with Crippen molar-refractivity contribution in [2.24, 2.45) is 5.92 Å². The molecule has 2 saturated carbocycles. The molecule has 0 N–H and O–H groups in total. The van der Waals surface area contributed by atoms with Gasteiger partial charge in [0, 0.05) is 12.8 Å². The fourth-order valence-corrected chi connectivity index (χ4v) is 4.91. The Hall–Kier alpha value is -0.380. The summed E-state index contributed by atoms with van der Waals surface area (Å²) in [5.41, 5.74) is 0. The van der Waals surface area contributed by atoms with Gasteiger partial charge in [0.15, 0.2) is 9.84 Å². The molecule has 2 rings (SSSR count). The average Bonchev–Trinajstić information content (AvgIpc) is 2.75. The minimum absolute atomic E-state index is 0.120. The maximum Gasteiger partial charge on any atom is 0.153 e. The Morgan fingerprint density at radius 2 is 1.80 bits per heavy atom. The van der Waals surface area contributed by atoms with E-state index in [2.05, 4.69) is 0 Å². The SMILES string of the molecule is O=C1CCC(S(=O)(=O)CC2CCCC2)C1. The molecule has 0 aromatic heterocycles. The fraction of sp³-hybridized carbons (Fsp3) is 0.909. The lowest BCUT2D eigenvalue weighted by Gasteiger charge is -2.14. The van der Waals surface area contributed by atoms with E-state index in [9.17, 15) is 13.2 Å². The second-order valence-corrected chi connectivity index (χ2v) is 7.21. The van der Waals surface area contributed by atoms with Crippen molar-refractivity contribution in [3.8, 4) is 0 Å². The van der Waals surface area contributed by atoms with Crippen LogP contribution in [0.1, 0.15) is 44.9 Å². The molecule has 2 fully saturated rings. The number of sulfone groups is 1. The van der Waals surface area contributed by atoms with E-state index in [1.807, 2.05) is 0 Å². The maximum atomic E-state index is 12.0. The number of rotatable bonds is 3. The molecule has 0 radical (unpaired) electrons. The smallest absolute Gasteiger partial charge is 0.153 e. The van der Waals surface area contributed by atoms with Crippen LogP contribution in [0.15, 0.2) is 0 Å². The van der Waals surface area contributed by atoms with Crippen LogP contribution in [-0.4, -0.2) is 25.2 Å². The van der Waals surface area contributed by atoms with Crippen LogP contribution in [0.4, 0.5) is 0 Å². The van der Waals surface area contributed by atoms with Crippen LogP contribution >= 0.6 is 0 Å². The quantitative estimate of drug-likeness (QED) is 0.741. The first-order valence-electron chi connectivity index (χ1n) is 5.81. The number of carbonyl (C=O) groups excluding carboxylic acids is 1. The number of carbonyl (C=O) groups is 1. The van der Waals surface area contributed by atoms with Crippen molar-refractivity contribution in [2.45, 2.75) is 50.2 Å². The maximum absolute atomic E-state index is 12.0. The van der Waals surface area contributed by atoms with E-state index >= 15 is 0 Å². The van der Waals surface area contributed by atoms with Gasteiger partial charge in [0.05, 0.1) is 11.0 Å². The molecule has 0 amide bonds. The van der Waals surface area contributed by atoms with E-state index in [0.29, 0.717) is 24.5 Å². The van der Waals surface area contributed by atoms with Gasteiger partial charge in [-0.25, -0.2) is 8.42 Å². The number of hydrogen-bond acceptors (Lipinski definition) is 3. The summed E-state index contributed by atoms with van der Waals surface area (Å²) >= 11 is 0. The van der Waals surface area contributed by atoms with Crippen LogP contribution in [0, 0.1) is 5.92 Å². The average molecular weight is 230 g/mol. The van der Waals surface area contributed by atoms with E-state index in [1.165, 1.54) is 12.8 Å². The summed E-state index contributed by atoms with van der Waals surface area (Å²) in [5, 5.41) is -0.356. The molecule has 86 valence electrons. The fourth-order valence-electron chi connectivity index (χ4n) is 2.73. The van der Waals surface area contributed by atoms with Gasteiger partial charge >= 0.3 is 0 Å². The first-order chi connectivity index (χ1) is 7.08. The lowest BCUT2D eigenvalue weighted by Crippen LogP contribution is -2.25. The molecular weight excluding hydrogens is 212 g/mol. The molecule has 15 heavy (non-hydrogen) atoms. The molecule has 0 heterocycles. The summed E-state index contributed by atoms with van der Waals surface area (Å²) in [4.78, 5) is 11.1. The van der Waals surface area contributed by atoms with Crippen LogP contribution < -0.4 is 0 Å². The van der Waals surface area contributed by atoms with E-state index in [0.717, 1.165) is 12.8 Å². The van der Waals surface area contributed by atoms with Gasteiger partial charge in [0.2, 0.25) is 0 Å². The zero-order valence-corrected chi connectivity index (χ0v) is 9.76. The summed E-state index contributed by atoms with van der Waals surface area (Å²) in [6.07, 6.45) is 5.75. The Bertz CT molecular complexity index is 339. The van der Waals surface area contributed by atoms with Gasteiger partial charge in [-0.2, -0.15) is 0 Å². The van der Waals surface area contributed by atoms with Crippen molar-refractivity contribution < 1.29 is 13.2 Å². The molecule has 4 heteroatoms. The minimum atomic E-state index is -3.00. The monoisotopic (exact) mass is 230 g/mol. The molecule has 0 aromatic carbocycles. The second-order valence-electron chi connectivity index (χ2n) is 4.88. The van der Waals surface area contributed by atoms with Crippen LogP contribution in [0.3, 0.4) is 0 Å². The van der Waals surface area contributed by atoms with Crippen molar-refractivity contribution in [2.75, 3.05) is 5.75 Å². The predicted molar refractivity (Wildman–Crippen MR) is 58.4 cm³/mol. The third-order valence-corrected chi connectivity index (χ3v) is 6.01. The van der Waals surface area contributed by atoms with Gasteiger partial charge in [-0.15, -0.1) is 0 Å². The van der Waals surface area contributed by atoms with Gasteiger partial charge in [0.1, 0.15) is 5.78 Å². The molecule has 0 saturated heterocycles. The van der Waals surface area contributed by atoms with E-state index in [-0.39, 0.29) is 17.5 Å². The van der Waals surface area contributed by atoms with Crippen LogP contribution in [0.5, 0.6) is 0 Å². The van der Waals surface area contributed by atoms with Crippen LogP contribution in [-0.2, 0) is 14.6 Å². The summed E-state index contributed by atoms with van der Waals surface area (Å²) in [6, 6.07) is 0. The largest absolute Gasteiger partial charge is 0.300 e. The Morgan fingerprint density at radius 1 is 1.13 bits per heavy atom. The van der Waals surface area contributed by atoms with E-state index in [1.54, 1.807) is 0 Å². The molecule has 1 atom stereocenters. The van der Waals surface area contributed by atoms with Crippen molar-refractivity contribution in [3.05, 3.63) is 0 Å². The molecule has 0 aliphatic heterocycles. The highest BCUT2D eigenvalue weighted by Gasteiger charge is 2.35. The van der Waals surface area contributed by atoms with Crippen molar-refractivity contribution in [1.29, 1.82) is 0 Å². The highest BCUT2D eigenvalue weighted by atomic mass is 32.2. The van der Waals surface area contributed by atoms with Crippen LogP contribution in [0.25, 0.3) is 0 Å². The Kier molecular flexibility index (Phi) is 3.14. The van der Waals surface area contributed by atoms with E-state index < -0.39 is 9.84 Å². The van der Waals surface area contributed by atoms with Crippen molar-refractivity contribution in [3.63, 3.8) is 0 Å². The first kappa shape index (κ1) is 11.1. The summed E-state index contributed by atoms with van der Waals surface area (Å²) < 4.78 is 24.0. The lowest BCUT2D eigenvalue weighted by molar-refractivity contribution is -0.117. The number of hydrogen-bond donors (Lipinski definition) is 0. The topological polar surface area (TPSA) is 51.2 Å². The minimum Gasteiger partial charge on any atom is -0.300 e. The highest BCUT2D eigenvalue weighted by molar-refractivity contribution is 7.92. The predicted octanol–water partition coefficient (Wildman–Crippen LogP) is 1.71. The summed E-state index contributed by atoms with van der Waals surface area (Å²) in [5.74, 6) is 0.811. The van der Waals surface area contributed by atoms with Gasteiger partial charge in [-0.1, -0.05) is 12.8 Å². The van der Waals surface area contributed by atoms with Crippen molar-refractivity contribution >= 4 is 15.6 Å². The Labute approximate surface area is 91.2 Å². The molecule has 3 nitrogen and oxygen atoms in total. The zero-order chi connectivity index (χ0) is 10.9. The number of Topliss-reactive ketones (excluding diaryl/α,β-unsaturated/α-hetero) is 1. The van der Waals surface area contributed by atoms with Gasteiger partial charge in [-0.05, 0) is 25.2 Å². The Balaban J connectivity index is 1.96. The van der Waals surface area contributed by atoms with Crippen molar-refractivity contribution in [1.82, 2.24) is 0 Å². The number of ketones is 1. The molecule has 1 unspecified atom stereocenters. The standard InChI is InChI=1S/C11H18O3S/c12-10-5-6-11(7-10)15(13,14)8-9-3-1-2-4-9/h9,11H,1-8H2. The third kappa shape index (κ3) is 2.60. The Morgan fingerprint density at radius 3 is 2.33 bits per heavy atom. The summed E-state index contributed by atoms with van der Waals surface area (Å²) in [7, 11) is -3.00. The molecule has 0 bridgehead atoms. The van der Waals surface area contributed by atoms with Gasteiger partial charge < -0.3 is 0 Å². The molecule has 0 aromatic rings. The highest BCUT2D eigenvalue weighted by Crippen LogP contribution is 2.30. The summed E-state index contributed by atoms with van der Waals surface area (Å²) in [6.45, 7) is 0. The molecule has 0 spiro atoms. The third-order valence-electron chi connectivity index (χ3n) is 3.65. The van der Waals surface area contributed by atoms with Crippen LogP contribution in [0.2, 0.25) is 0 Å². The lowest BCUT2D eigenvalue weighted by atomic mass is 10.1. The van der Waals surface area contributed by atoms with Gasteiger partial charge in [0.25, 0.3) is 0 Å². The second kappa shape index (κ2) is 4.24.